The molecule has 1 aromatic rings. The van der Waals surface area contributed by atoms with Crippen molar-refractivity contribution in [3.63, 3.8) is 0 Å². The molecule has 16 heavy (non-hydrogen) atoms. The van der Waals surface area contributed by atoms with Gasteiger partial charge in [0.25, 0.3) is 0 Å². The van der Waals surface area contributed by atoms with Gasteiger partial charge in [-0.1, -0.05) is 18.9 Å². The molecule has 0 aliphatic heterocycles. The van der Waals surface area contributed by atoms with Crippen LogP contribution in [0, 0.1) is 11.7 Å². The first-order chi connectivity index (χ1) is 7.66. The van der Waals surface area contributed by atoms with E-state index in [2.05, 4.69) is 15.9 Å². The molecule has 2 rings (SSSR count). The van der Waals surface area contributed by atoms with Crippen LogP contribution < -0.4 is 0 Å². The van der Waals surface area contributed by atoms with Gasteiger partial charge in [0.15, 0.2) is 0 Å². The Balaban J connectivity index is 1.99. The Morgan fingerprint density at radius 1 is 1.38 bits per heavy atom. The van der Waals surface area contributed by atoms with Gasteiger partial charge < -0.3 is 5.11 Å². The molecule has 0 saturated heterocycles. The van der Waals surface area contributed by atoms with Gasteiger partial charge in [-0.2, -0.15) is 0 Å². The van der Waals surface area contributed by atoms with Gasteiger partial charge in [-0.3, -0.25) is 0 Å². The summed E-state index contributed by atoms with van der Waals surface area (Å²) in [4.78, 5) is 0. The van der Waals surface area contributed by atoms with Crippen molar-refractivity contribution in [3.8, 4) is 0 Å². The topological polar surface area (TPSA) is 20.2 Å². The van der Waals surface area contributed by atoms with Crippen molar-refractivity contribution in [2.75, 3.05) is 0 Å². The Kier molecular flexibility index (Phi) is 3.98. The largest absolute Gasteiger partial charge is 0.392 e. The van der Waals surface area contributed by atoms with Gasteiger partial charge in [-0.15, -0.1) is 0 Å². The summed E-state index contributed by atoms with van der Waals surface area (Å²) in [5, 5.41) is 10.1. The SMILES string of the molecule is OC(Cc1ccc(F)c(Br)c1)C1CCCC1. The highest BCUT2D eigenvalue weighted by Gasteiger charge is 2.23. The summed E-state index contributed by atoms with van der Waals surface area (Å²) >= 11 is 3.16. The van der Waals surface area contributed by atoms with Crippen LogP contribution in [0.1, 0.15) is 31.2 Å². The minimum Gasteiger partial charge on any atom is -0.392 e. The zero-order valence-corrected chi connectivity index (χ0v) is 10.7. The summed E-state index contributed by atoms with van der Waals surface area (Å²) in [6.07, 6.45) is 5.07. The molecule has 1 unspecified atom stereocenters. The predicted octanol–water partition coefficient (Wildman–Crippen LogP) is 3.68. The molecule has 1 fully saturated rings. The Labute approximate surface area is 104 Å². The monoisotopic (exact) mass is 286 g/mol. The summed E-state index contributed by atoms with van der Waals surface area (Å²) in [5.74, 6) is 0.183. The van der Waals surface area contributed by atoms with Crippen molar-refractivity contribution in [2.24, 2.45) is 5.92 Å². The molecule has 1 aromatic carbocycles. The fourth-order valence-electron chi connectivity index (χ4n) is 2.42. The Morgan fingerprint density at radius 3 is 2.69 bits per heavy atom. The predicted molar refractivity (Wildman–Crippen MR) is 65.8 cm³/mol. The number of benzene rings is 1. The fourth-order valence-corrected chi connectivity index (χ4v) is 2.84. The van der Waals surface area contributed by atoms with Crippen LogP contribution in [0.4, 0.5) is 4.39 Å². The highest BCUT2D eigenvalue weighted by molar-refractivity contribution is 9.10. The number of aliphatic hydroxyl groups is 1. The average molecular weight is 287 g/mol. The number of halogens is 2. The first kappa shape index (κ1) is 12.1. The number of rotatable bonds is 3. The summed E-state index contributed by atoms with van der Waals surface area (Å²) in [7, 11) is 0. The lowest BCUT2D eigenvalue weighted by Crippen LogP contribution is -2.20. The van der Waals surface area contributed by atoms with Gasteiger partial charge in [0.05, 0.1) is 10.6 Å². The van der Waals surface area contributed by atoms with Crippen molar-refractivity contribution in [2.45, 2.75) is 38.2 Å². The molecule has 0 aromatic heterocycles. The van der Waals surface area contributed by atoms with Crippen LogP contribution in [0.15, 0.2) is 22.7 Å². The van der Waals surface area contributed by atoms with E-state index < -0.39 is 0 Å². The zero-order chi connectivity index (χ0) is 11.5. The first-order valence-electron chi connectivity index (χ1n) is 5.79. The van der Waals surface area contributed by atoms with Gasteiger partial charge in [-0.05, 0) is 58.8 Å². The van der Waals surface area contributed by atoms with E-state index in [9.17, 15) is 9.50 Å². The van der Waals surface area contributed by atoms with E-state index in [1.807, 2.05) is 0 Å². The van der Waals surface area contributed by atoms with E-state index in [1.54, 1.807) is 12.1 Å². The molecule has 1 nitrogen and oxygen atoms in total. The molecule has 88 valence electrons. The van der Waals surface area contributed by atoms with E-state index in [0.29, 0.717) is 16.8 Å². The smallest absolute Gasteiger partial charge is 0.137 e. The van der Waals surface area contributed by atoms with Gasteiger partial charge in [0.1, 0.15) is 5.82 Å². The van der Waals surface area contributed by atoms with Crippen LogP contribution in [0.5, 0.6) is 0 Å². The molecule has 3 heteroatoms. The minimum absolute atomic E-state index is 0.251. The maximum atomic E-state index is 13.0. The standard InChI is InChI=1S/C13H16BrFO/c14-11-7-9(5-6-12(11)15)8-13(16)10-3-1-2-4-10/h5-7,10,13,16H,1-4,8H2. The number of aliphatic hydroxyl groups excluding tert-OH is 1. The van der Waals surface area contributed by atoms with Crippen molar-refractivity contribution in [1.29, 1.82) is 0 Å². The quantitative estimate of drug-likeness (QED) is 0.899. The van der Waals surface area contributed by atoms with Crippen molar-refractivity contribution >= 4 is 15.9 Å². The highest BCUT2D eigenvalue weighted by Crippen LogP contribution is 2.29. The summed E-state index contributed by atoms with van der Waals surface area (Å²) in [6, 6.07) is 4.95. The summed E-state index contributed by atoms with van der Waals surface area (Å²) in [6.45, 7) is 0. The summed E-state index contributed by atoms with van der Waals surface area (Å²) < 4.78 is 13.5. The second kappa shape index (κ2) is 5.28. The maximum Gasteiger partial charge on any atom is 0.137 e. The first-order valence-corrected chi connectivity index (χ1v) is 6.58. The Morgan fingerprint density at radius 2 is 2.06 bits per heavy atom. The average Bonchev–Trinajstić information content (AvgIpc) is 2.77. The molecule has 0 spiro atoms. The molecular formula is C13H16BrFO. The van der Waals surface area contributed by atoms with Crippen LogP contribution in [-0.2, 0) is 6.42 Å². The molecule has 0 amide bonds. The molecular weight excluding hydrogens is 271 g/mol. The summed E-state index contributed by atoms with van der Waals surface area (Å²) in [5.41, 5.74) is 0.993. The van der Waals surface area contributed by atoms with Crippen molar-refractivity contribution in [1.82, 2.24) is 0 Å². The van der Waals surface area contributed by atoms with Crippen LogP contribution in [0.2, 0.25) is 0 Å². The second-order valence-corrected chi connectivity index (χ2v) is 5.42. The van der Waals surface area contributed by atoms with Gasteiger partial charge >= 0.3 is 0 Å². The van der Waals surface area contributed by atoms with Crippen molar-refractivity contribution < 1.29 is 9.50 Å². The molecule has 1 saturated carbocycles. The van der Waals surface area contributed by atoms with E-state index in [1.165, 1.54) is 18.9 Å². The number of hydrogen-bond acceptors (Lipinski definition) is 1. The van der Waals surface area contributed by atoms with E-state index in [4.69, 9.17) is 0 Å². The normalized spacial score (nSPS) is 18.9. The third-order valence-corrected chi connectivity index (χ3v) is 3.98. The van der Waals surface area contributed by atoms with Crippen LogP contribution in [-0.4, -0.2) is 11.2 Å². The Bertz CT molecular complexity index is 361. The third kappa shape index (κ3) is 2.83. The molecule has 1 atom stereocenters. The van der Waals surface area contributed by atoms with Gasteiger partial charge in [0.2, 0.25) is 0 Å². The fraction of sp³-hybridized carbons (Fsp3) is 0.538. The van der Waals surface area contributed by atoms with Crippen molar-refractivity contribution in [3.05, 3.63) is 34.1 Å². The molecule has 0 heterocycles. The lowest BCUT2D eigenvalue weighted by molar-refractivity contribution is 0.111. The molecule has 1 aliphatic carbocycles. The second-order valence-electron chi connectivity index (χ2n) is 4.56. The third-order valence-electron chi connectivity index (χ3n) is 3.37. The lowest BCUT2D eigenvalue weighted by Gasteiger charge is -2.17. The molecule has 0 radical (unpaired) electrons. The van der Waals surface area contributed by atoms with E-state index >= 15 is 0 Å². The highest BCUT2D eigenvalue weighted by atomic mass is 79.9. The molecule has 1 aliphatic rings. The molecule has 1 N–H and O–H groups in total. The van der Waals surface area contributed by atoms with Crippen LogP contribution in [0.25, 0.3) is 0 Å². The van der Waals surface area contributed by atoms with E-state index in [-0.39, 0.29) is 11.9 Å². The number of hydrogen-bond donors (Lipinski definition) is 1. The molecule has 0 bridgehead atoms. The van der Waals surface area contributed by atoms with Crippen LogP contribution >= 0.6 is 15.9 Å². The minimum atomic E-state index is -0.278. The van der Waals surface area contributed by atoms with Crippen LogP contribution in [0.3, 0.4) is 0 Å². The zero-order valence-electron chi connectivity index (χ0n) is 9.13. The van der Waals surface area contributed by atoms with Gasteiger partial charge in [-0.25, -0.2) is 4.39 Å². The van der Waals surface area contributed by atoms with E-state index in [0.717, 1.165) is 18.4 Å². The lowest BCUT2D eigenvalue weighted by atomic mass is 9.95. The Hall–Kier alpha value is -0.410. The maximum absolute atomic E-state index is 13.0. The van der Waals surface area contributed by atoms with Gasteiger partial charge in [0, 0.05) is 0 Å².